The number of anilines is 1. The van der Waals surface area contributed by atoms with Gasteiger partial charge in [0.05, 0.1) is 19.8 Å². The third-order valence-corrected chi connectivity index (χ3v) is 3.10. The van der Waals surface area contributed by atoms with Crippen molar-refractivity contribution in [3.63, 3.8) is 0 Å². The van der Waals surface area contributed by atoms with Gasteiger partial charge in [-0.25, -0.2) is 9.97 Å². The Bertz CT molecular complexity index is 566. The van der Waals surface area contributed by atoms with Gasteiger partial charge in [0.1, 0.15) is 6.33 Å². The van der Waals surface area contributed by atoms with Crippen molar-refractivity contribution in [2.75, 3.05) is 26.6 Å². The summed E-state index contributed by atoms with van der Waals surface area (Å²) in [5, 5.41) is 0. The van der Waals surface area contributed by atoms with Gasteiger partial charge in [0.25, 0.3) is 0 Å². The van der Waals surface area contributed by atoms with E-state index in [2.05, 4.69) is 28.8 Å². The molecule has 1 atom stereocenters. The Labute approximate surface area is 111 Å². The molecule has 0 amide bonds. The number of nitrogen functional groups attached to an aromatic ring is 1. The highest BCUT2D eigenvalue weighted by Crippen LogP contribution is 2.29. The molecule has 0 aliphatic carbocycles. The minimum atomic E-state index is 0.0645. The zero-order valence-corrected chi connectivity index (χ0v) is 11.6. The summed E-state index contributed by atoms with van der Waals surface area (Å²) < 4.78 is 12.3. The molecule has 0 bridgehead atoms. The van der Waals surface area contributed by atoms with E-state index in [1.54, 1.807) is 14.2 Å². The van der Waals surface area contributed by atoms with Crippen molar-refractivity contribution < 1.29 is 9.47 Å². The molecule has 7 heteroatoms. The fourth-order valence-corrected chi connectivity index (χ4v) is 2.12. The number of aromatic nitrogens is 4. The fourth-order valence-electron chi connectivity index (χ4n) is 2.12. The zero-order chi connectivity index (χ0) is 14.0. The Hall–Kier alpha value is -1.89. The molecule has 104 valence electrons. The lowest BCUT2D eigenvalue weighted by Gasteiger charge is -2.22. The monoisotopic (exact) mass is 265 g/mol. The Balaban J connectivity index is 2.62. The van der Waals surface area contributed by atoms with Gasteiger partial charge in [-0.1, -0.05) is 13.8 Å². The quantitative estimate of drug-likeness (QED) is 0.875. The normalized spacial score (nSPS) is 13.1. The van der Waals surface area contributed by atoms with Gasteiger partial charge < -0.3 is 15.2 Å². The summed E-state index contributed by atoms with van der Waals surface area (Å²) in [6.07, 6.45) is 1.45. The standard InChI is InChI=1S/C12H19N5O2/c1-7(2)8(5-18-3)17-10-9(16-12(17)13)11(19-4)15-6-14-10/h6-8H,5H2,1-4H3,(H2,13,16). The molecule has 0 aromatic carbocycles. The molecule has 0 saturated heterocycles. The first-order valence-corrected chi connectivity index (χ1v) is 6.11. The molecule has 19 heavy (non-hydrogen) atoms. The SMILES string of the molecule is COCC(C(C)C)n1c(N)nc2c(OC)ncnc21. The van der Waals surface area contributed by atoms with E-state index >= 15 is 0 Å². The van der Waals surface area contributed by atoms with Gasteiger partial charge in [0.2, 0.25) is 11.8 Å². The zero-order valence-electron chi connectivity index (χ0n) is 11.6. The van der Waals surface area contributed by atoms with Crippen molar-refractivity contribution in [3.8, 4) is 5.88 Å². The van der Waals surface area contributed by atoms with E-state index in [9.17, 15) is 0 Å². The third-order valence-electron chi connectivity index (χ3n) is 3.10. The molecule has 7 nitrogen and oxygen atoms in total. The highest BCUT2D eigenvalue weighted by molar-refractivity contribution is 5.79. The van der Waals surface area contributed by atoms with Crippen LogP contribution in [0.4, 0.5) is 5.95 Å². The molecule has 2 aromatic heterocycles. The molecule has 1 unspecified atom stereocenters. The van der Waals surface area contributed by atoms with Crippen LogP contribution in [0.25, 0.3) is 11.2 Å². The van der Waals surface area contributed by atoms with Gasteiger partial charge in [-0.2, -0.15) is 4.98 Å². The van der Waals surface area contributed by atoms with E-state index in [4.69, 9.17) is 15.2 Å². The van der Waals surface area contributed by atoms with Gasteiger partial charge >= 0.3 is 0 Å². The summed E-state index contributed by atoms with van der Waals surface area (Å²) in [6.45, 7) is 4.75. The smallest absolute Gasteiger partial charge is 0.245 e. The van der Waals surface area contributed by atoms with Crippen LogP contribution in [0.15, 0.2) is 6.33 Å². The number of imidazole rings is 1. The summed E-state index contributed by atoms with van der Waals surface area (Å²) in [5.41, 5.74) is 7.26. The number of hydrogen-bond acceptors (Lipinski definition) is 6. The summed E-state index contributed by atoms with van der Waals surface area (Å²) in [4.78, 5) is 12.6. The molecule has 0 saturated carbocycles. The molecule has 2 rings (SSSR count). The van der Waals surface area contributed by atoms with Crippen LogP contribution in [-0.2, 0) is 4.74 Å². The molecule has 0 fully saturated rings. The Morgan fingerprint density at radius 3 is 2.63 bits per heavy atom. The molecule has 0 radical (unpaired) electrons. The first-order chi connectivity index (χ1) is 9.10. The Kier molecular flexibility index (Phi) is 3.84. The van der Waals surface area contributed by atoms with Crippen LogP contribution < -0.4 is 10.5 Å². The first kappa shape index (κ1) is 13.5. The fraction of sp³-hybridized carbons (Fsp3) is 0.583. The van der Waals surface area contributed by atoms with Crippen LogP contribution in [0.2, 0.25) is 0 Å². The maximum absolute atomic E-state index is 6.02. The number of nitrogens with zero attached hydrogens (tertiary/aromatic N) is 4. The number of methoxy groups -OCH3 is 2. The summed E-state index contributed by atoms with van der Waals surface area (Å²) in [6, 6.07) is 0.0645. The first-order valence-electron chi connectivity index (χ1n) is 6.11. The van der Waals surface area contributed by atoms with E-state index in [0.717, 1.165) is 0 Å². The third kappa shape index (κ3) is 2.33. The summed E-state index contributed by atoms with van der Waals surface area (Å²) in [7, 11) is 3.21. The largest absolute Gasteiger partial charge is 0.479 e. The van der Waals surface area contributed by atoms with E-state index < -0.39 is 0 Å². The van der Waals surface area contributed by atoms with Crippen molar-refractivity contribution >= 4 is 17.1 Å². The molecule has 0 spiro atoms. The number of hydrogen-bond donors (Lipinski definition) is 1. The van der Waals surface area contributed by atoms with E-state index in [-0.39, 0.29) is 6.04 Å². The van der Waals surface area contributed by atoms with Crippen LogP contribution in [0, 0.1) is 5.92 Å². The van der Waals surface area contributed by atoms with Gasteiger partial charge in [-0.05, 0) is 5.92 Å². The summed E-state index contributed by atoms with van der Waals surface area (Å²) in [5.74, 6) is 1.15. The summed E-state index contributed by atoms with van der Waals surface area (Å²) >= 11 is 0. The Morgan fingerprint density at radius 2 is 2.05 bits per heavy atom. The van der Waals surface area contributed by atoms with Crippen molar-refractivity contribution in [2.24, 2.45) is 5.92 Å². The van der Waals surface area contributed by atoms with E-state index in [1.165, 1.54) is 6.33 Å². The maximum atomic E-state index is 6.02. The minimum absolute atomic E-state index is 0.0645. The molecule has 2 N–H and O–H groups in total. The Morgan fingerprint density at radius 1 is 1.32 bits per heavy atom. The number of ether oxygens (including phenoxy) is 2. The molecule has 2 heterocycles. The van der Waals surface area contributed by atoms with Crippen molar-refractivity contribution in [1.29, 1.82) is 0 Å². The van der Waals surface area contributed by atoms with E-state index in [1.807, 2.05) is 4.57 Å². The van der Waals surface area contributed by atoms with Gasteiger partial charge in [0.15, 0.2) is 11.2 Å². The lowest BCUT2D eigenvalue weighted by Crippen LogP contribution is -2.22. The molecular formula is C12H19N5O2. The van der Waals surface area contributed by atoms with Crippen LogP contribution in [-0.4, -0.2) is 40.3 Å². The van der Waals surface area contributed by atoms with Crippen LogP contribution in [0.3, 0.4) is 0 Å². The number of nitrogens with two attached hydrogens (primary N) is 1. The lowest BCUT2D eigenvalue weighted by atomic mass is 10.1. The topological polar surface area (TPSA) is 88.1 Å². The van der Waals surface area contributed by atoms with Gasteiger partial charge in [0, 0.05) is 7.11 Å². The van der Waals surface area contributed by atoms with Crippen LogP contribution in [0.1, 0.15) is 19.9 Å². The van der Waals surface area contributed by atoms with Crippen molar-refractivity contribution in [2.45, 2.75) is 19.9 Å². The second kappa shape index (κ2) is 5.40. The average molecular weight is 265 g/mol. The number of fused-ring (bicyclic) bond motifs is 1. The minimum Gasteiger partial charge on any atom is -0.479 e. The molecular weight excluding hydrogens is 246 g/mol. The average Bonchev–Trinajstić information content (AvgIpc) is 2.71. The highest BCUT2D eigenvalue weighted by Gasteiger charge is 2.23. The van der Waals surface area contributed by atoms with Gasteiger partial charge in [-0.3, -0.25) is 4.57 Å². The molecule has 0 aliphatic heterocycles. The lowest BCUT2D eigenvalue weighted by molar-refractivity contribution is 0.136. The van der Waals surface area contributed by atoms with Gasteiger partial charge in [-0.15, -0.1) is 0 Å². The second-order valence-corrected chi connectivity index (χ2v) is 4.66. The maximum Gasteiger partial charge on any atom is 0.245 e. The predicted octanol–water partition coefficient (Wildman–Crippen LogP) is 1.26. The highest BCUT2D eigenvalue weighted by atomic mass is 16.5. The van der Waals surface area contributed by atoms with Crippen LogP contribution >= 0.6 is 0 Å². The second-order valence-electron chi connectivity index (χ2n) is 4.66. The molecule has 2 aromatic rings. The predicted molar refractivity (Wildman–Crippen MR) is 72.0 cm³/mol. The van der Waals surface area contributed by atoms with Crippen molar-refractivity contribution in [3.05, 3.63) is 6.33 Å². The van der Waals surface area contributed by atoms with Crippen molar-refractivity contribution in [1.82, 2.24) is 19.5 Å². The molecule has 0 aliphatic rings. The van der Waals surface area contributed by atoms with Crippen LogP contribution in [0.5, 0.6) is 5.88 Å². The van der Waals surface area contributed by atoms with E-state index in [0.29, 0.717) is 35.5 Å². The number of rotatable bonds is 5.